The summed E-state index contributed by atoms with van der Waals surface area (Å²) >= 11 is 0. The number of carbonyl (C=O) groups excluding carboxylic acids is 2. The SMILES string of the molecule is CC12C=CC(=O)C=C1CCC1C2C(O)CC2(C)C1CC[C@]2(O)C(=O)CN1CCN(c2nc3ccccc3o2)CC1. The smallest absolute Gasteiger partial charge is 0.298 e. The highest BCUT2D eigenvalue weighted by Gasteiger charge is 2.68. The molecular weight excluding hydrogens is 506 g/mol. The van der Waals surface area contributed by atoms with Crippen LogP contribution in [0.25, 0.3) is 11.1 Å². The lowest BCUT2D eigenvalue weighted by atomic mass is 9.46. The van der Waals surface area contributed by atoms with Crippen LogP contribution in [0.2, 0.25) is 0 Å². The van der Waals surface area contributed by atoms with Gasteiger partial charge in [0, 0.05) is 42.9 Å². The molecule has 2 N–H and O–H groups in total. The van der Waals surface area contributed by atoms with E-state index in [1.165, 1.54) is 0 Å². The molecule has 0 amide bonds. The molecule has 0 spiro atoms. The van der Waals surface area contributed by atoms with Crippen molar-refractivity contribution in [2.24, 2.45) is 28.6 Å². The fraction of sp³-hybridized carbons (Fsp3) is 0.594. The van der Waals surface area contributed by atoms with Gasteiger partial charge in [-0.25, -0.2) is 0 Å². The number of nitrogens with zero attached hydrogens (tertiary/aromatic N) is 3. The van der Waals surface area contributed by atoms with E-state index in [0.717, 1.165) is 35.9 Å². The van der Waals surface area contributed by atoms with Crippen molar-refractivity contribution >= 4 is 28.7 Å². The first-order valence-electron chi connectivity index (χ1n) is 14.8. The third-order valence-electron chi connectivity index (χ3n) is 11.4. The number of aliphatic hydroxyl groups is 2. The van der Waals surface area contributed by atoms with E-state index in [1.54, 1.807) is 12.2 Å². The van der Waals surface area contributed by atoms with Crippen molar-refractivity contribution in [2.45, 2.75) is 57.7 Å². The summed E-state index contributed by atoms with van der Waals surface area (Å²) in [6.45, 7) is 7.17. The molecule has 6 unspecified atom stereocenters. The van der Waals surface area contributed by atoms with Crippen molar-refractivity contribution in [3.8, 4) is 0 Å². The van der Waals surface area contributed by atoms with Crippen LogP contribution in [-0.2, 0) is 9.59 Å². The molecule has 40 heavy (non-hydrogen) atoms. The van der Waals surface area contributed by atoms with Gasteiger partial charge in [0.15, 0.2) is 17.1 Å². The number of carbonyl (C=O) groups is 2. The minimum atomic E-state index is -1.45. The van der Waals surface area contributed by atoms with Crippen LogP contribution < -0.4 is 4.90 Å². The van der Waals surface area contributed by atoms with Gasteiger partial charge in [0.05, 0.1) is 12.6 Å². The summed E-state index contributed by atoms with van der Waals surface area (Å²) in [6.07, 6.45) is 8.10. The van der Waals surface area contributed by atoms with E-state index in [-0.39, 0.29) is 41.3 Å². The Morgan fingerprint density at radius 2 is 1.93 bits per heavy atom. The Balaban J connectivity index is 1.05. The summed E-state index contributed by atoms with van der Waals surface area (Å²) in [4.78, 5) is 34.8. The molecule has 2 aromatic rings. The number of allylic oxidation sites excluding steroid dienone is 4. The normalized spacial score (nSPS) is 39.5. The van der Waals surface area contributed by atoms with E-state index in [4.69, 9.17) is 4.42 Å². The van der Waals surface area contributed by atoms with Crippen LogP contribution in [0.15, 0.2) is 52.5 Å². The molecule has 1 aliphatic heterocycles. The molecular formula is C32H39N3O5. The standard InChI is InChI=1S/C32H39N3O5/c1-30-11-9-21(36)17-20(30)7-8-22-23-10-12-32(39,31(23,2)18-25(37)28(22)30)27(38)19-34-13-15-35(16-14-34)29-33-24-5-3-4-6-26(24)40-29/h3-6,9,11,17,22-23,25,28,37,39H,7-8,10,12-16,18-19H2,1-2H3/t22?,23?,25?,28?,30?,31?,32-/m0/s1. The zero-order chi connectivity index (χ0) is 27.9. The number of aliphatic hydroxyl groups excluding tert-OH is 1. The van der Waals surface area contributed by atoms with Crippen LogP contribution in [0, 0.1) is 28.6 Å². The number of aromatic nitrogens is 1. The molecule has 1 aromatic carbocycles. The molecule has 212 valence electrons. The number of hydrogen-bond acceptors (Lipinski definition) is 8. The Labute approximate surface area is 234 Å². The zero-order valence-electron chi connectivity index (χ0n) is 23.4. The van der Waals surface area contributed by atoms with Crippen molar-refractivity contribution < 1.29 is 24.2 Å². The van der Waals surface area contributed by atoms with E-state index >= 15 is 0 Å². The average Bonchev–Trinajstić information content (AvgIpc) is 3.48. The summed E-state index contributed by atoms with van der Waals surface area (Å²) in [5, 5.41) is 23.7. The number of Topliss-reactive ketones (excluding diaryl/α,β-unsaturated/α-hetero) is 1. The lowest BCUT2D eigenvalue weighted by Gasteiger charge is -2.59. The summed E-state index contributed by atoms with van der Waals surface area (Å²) in [7, 11) is 0. The molecule has 5 aliphatic rings. The van der Waals surface area contributed by atoms with Crippen LogP contribution in [0.1, 0.15) is 46.0 Å². The minimum absolute atomic E-state index is 0.00712. The van der Waals surface area contributed by atoms with E-state index in [1.807, 2.05) is 37.3 Å². The Morgan fingerprint density at radius 1 is 1.15 bits per heavy atom. The van der Waals surface area contributed by atoms with Crippen molar-refractivity contribution in [1.82, 2.24) is 9.88 Å². The van der Waals surface area contributed by atoms with E-state index in [0.29, 0.717) is 45.0 Å². The third-order valence-corrected chi connectivity index (χ3v) is 11.4. The van der Waals surface area contributed by atoms with Crippen molar-refractivity contribution in [2.75, 3.05) is 37.6 Å². The molecule has 8 nitrogen and oxygen atoms in total. The van der Waals surface area contributed by atoms with Gasteiger partial charge in [0.1, 0.15) is 11.1 Å². The molecule has 1 saturated heterocycles. The van der Waals surface area contributed by atoms with Gasteiger partial charge in [-0.3, -0.25) is 14.5 Å². The number of hydrogen-bond donors (Lipinski definition) is 2. The molecule has 3 saturated carbocycles. The van der Waals surface area contributed by atoms with Crippen LogP contribution in [0.3, 0.4) is 0 Å². The molecule has 1 aromatic heterocycles. The number of oxazole rings is 1. The molecule has 4 fully saturated rings. The maximum Gasteiger partial charge on any atom is 0.298 e. The van der Waals surface area contributed by atoms with Gasteiger partial charge < -0.3 is 19.5 Å². The number of benzene rings is 1. The Bertz CT molecular complexity index is 1390. The Hall–Kier alpha value is -2.81. The van der Waals surface area contributed by atoms with Crippen molar-refractivity contribution in [3.05, 3.63) is 48.1 Å². The lowest BCUT2D eigenvalue weighted by Crippen LogP contribution is -2.62. The van der Waals surface area contributed by atoms with Gasteiger partial charge in [-0.2, -0.15) is 4.98 Å². The van der Waals surface area contributed by atoms with Gasteiger partial charge >= 0.3 is 0 Å². The first-order valence-corrected chi connectivity index (χ1v) is 14.8. The second-order valence-electron chi connectivity index (χ2n) is 13.3. The number of fused-ring (bicyclic) bond motifs is 6. The van der Waals surface area contributed by atoms with Gasteiger partial charge in [0.2, 0.25) is 0 Å². The summed E-state index contributed by atoms with van der Waals surface area (Å²) in [5.41, 5.74) is 0.255. The lowest BCUT2D eigenvalue weighted by molar-refractivity contribution is -0.177. The predicted molar refractivity (Wildman–Crippen MR) is 151 cm³/mol. The summed E-state index contributed by atoms with van der Waals surface area (Å²) in [5.74, 6) is 0.263. The topological polar surface area (TPSA) is 107 Å². The number of para-hydroxylation sites is 2. The highest BCUT2D eigenvalue weighted by Crippen LogP contribution is 2.67. The Morgan fingerprint density at radius 3 is 2.70 bits per heavy atom. The van der Waals surface area contributed by atoms with Gasteiger partial charge in [-0.15, -0.1) is 0 Å². The maximum atomic E-state index is 13.9. The third kappa shape index (κ3) is 3.72. The molecule has 7 atom stereocenters. The fourth-order valence-corrected chi connectivity index (χ4v) is 9.22. The van der Waals surface area contributed by atoms with E-state index < -0.39 is 17.1 Å². The first-order chi connectivity index (χ1) is 19.1. The molecule has 0 radical (unpaired) electrons. The van der Waals surface area contributed by atoms with Crippen molar-refractivity contribution in [1.29, 1.82) is 0 Å². The number of ketones is 2. The second-order valence-corrected chi connectivity index (χ2v) is 13.3. The Kier molecular flexibility index (Phi) is 5.94. The highest BCUT2D eigenvalue weighted by molar-refractivity contribution is 6.01. The first kappa shape index (κ1) is 26.1. The predicted octanol–water partition coefficient (Wildman–Crippen LogP) is 3.53. The fourth-order valence-electron chi connectivity index (χ4n) is 9.22. The number of rotatable bonds is 4. The molecule has 4 aliphatic carbocycles. The number of anilines is 1. The summed E-state index contributed by atoms with van der Waals surface area (Å²) < 4.78 is 5.93. The number of piperazine rings is 1. The van der Waals surface area contributed by atoms with E-state index in [2.05, 4.69) is 21.7 Å². The zero-order valence-corrected chi connectivity index (χ0v) is 23.4. The monoisotopic (exact) mass is 545 g/mol. The minimum Gasteiger partial charge on any atom is -0.423 e. The van der Waals surface area contributed by atoms with Crippen LogP contribution in [-0.4, -0.2) is 76.1 Å². The second kappa shape index (κ2) is 9.10. The molecule has 7 rings (SSSR count). The van der Waals surface area contributed by atoms with Gasteiger partial charge in [-0.05, 0) is 68.2 Å². The maximum absolute atomic E-state index is 13.9. The molecule has 2 heterocycles. The van der Waals surface area contributed by atoms with Gasteiger partial charge in [-0.1, -0.05) is 37.6 Å². The quantitative estimate of drug-likeness (QED) is 0.601. The highest BCUT2D eigenvalue weighted by atomic mass is 16.4. The van der Waals surface area contributed by atoms with Gasteiger partial charge in [0.25, 0.3) is 6.01 Å². The van der Waals surface area contributed by atoms with Crippen LogP contribution >= 0.6 is 0 Å². The van der Waals surface area contributed by atoms with Crippen LogP contribution in [0.5, 0.6) is 0 Å². The largest absolute Gasteiger partial charge is 0.423 e. The van der Waals surface area contributed by atoms with E-state index in [9.17, 15) is 19.8 Å². The average molecular weight is 546 g/mol. The summed E-state index contributed by atoms with van der Waals surface area (Å²) in [6, 6.07) is 8.34. The van der Waals surface area contributed by atoms with Crippen molar-refractivity contribution in [3.63, 3.8) is 0 Å². The van der Waals surface area contributed by atoms with Crippen LogP contribution in [0.4, 0.5) is 6.01 Å². The molecule has 8 heteroatoms. The molecule has 0 bridgehead atoms.